The van der Waals surface area contributed by atoms with E-state index in [9.17, 15) is 0 Å². The van der Waals surface area contributed by atoms with Crippen molar-refractivity contribution in [2.75, 3.05) is 13.7 Å². The van der Waals surface area contributed by atoms with Crippen LogP contribution in [0.15, 0.2) is 12.1 Å². The first-order valence-electron chi connectivity index (χ1n) is 5.69. The number of methoxy groups -OCH3 is 1. The Balaban J connectivity index is 2.35. The molecular weight excluding hydrogens is 222 g/mol. The summed E-state index contributed by atoms with van der Waals surface area (Å²) in [6, 6.07) is 4.43. The quantitative estimate of drug-likeness (QED) is 0.855. The smallest absolute Gasteiger partial charge is 0.124 e. The fraction of sp³-hybridized carbons (Fsp3) is 0.538. The molecular formula is C13H18ClNO. The van der Waals surface area contributed by atoms with Crippen molar-refractivity contribution < 1.29 is 4.74 Å². The van der Waals surface area contributed by atoms with Gasteiger partial charge < -0.3 is 10.1 Å². The number of nitrogens with one attached hydrogen (secondary N) is 1. The third-order valence-electron chi connectivity index (χ3n) is 3.24. The molecule has 3 heteroatoms. The van der Waals surface area contributed by atoms with Crippen LogP contribution in [0.1, 0.15) is 30.5 Å². The predicted molar refractivity (Wildman–Crippen MR) is 67.3 cm³/mol. The molecule has 0 bridgehead atoms. The third-order valence-corrected chi connectivity index (χ3v) is 3.64. The van der Waals surface area contributed by atoms with Crippen LogP contribution in [0.4, 0.5) is 0 Å². The molecule has 16 heavy (non-hydrogen) atoms. The number of aryl methyl sites for hydroxylation is 1. The van der Waals surface area contributed by atoms with Crippen LogP contribution >= 0.6 is 11.6 Å². The first kappa shape index (κ1) is 11.7. The lowest BCUT2D eigenvalue weighted by Crippen LogP contribution is -2.14. The molecule has 0 unspecified atom stereocenters. The fourth-order valence-electron chi connectivity index (χ4n) is 2.27. The lowest BCUT2D eigenvalue weighted by Gasteiger charge is -2.16. The molecule has 1 N–H and O–H groups in total. The minimum Gasteiger partial charge on any atom is -0.496 e. The summed E-state index contributed by atoms with van der Waals surface area (Å²) in [5, 5.41) is 4.32. The highest BCUT2D eigenvalue weighted by molar-refractivity contribution is 6.31. The van der Waals surface area contributed by atoms with Crippen molar-refractivity contribution in [3.05, 3.63) is 28.3 Å². The van der Waals surface area contributed by atoms with Crippen LogP contribution in [-0.2, 0) is 0 Å². The second kappa shape index (κ2) is 4.64. The van der Waals surface area contributed by atoms with Gasteiger partial charge in [-0.2, -0.15) is 0 Å². The summed E-state index contributed by atoms with van der Waals surface area (Å²) in [5.41, 5.74) is 2.25. The van der Waals surface area contributed by atoms with Crippen molar-refractivity contribution in [3.8, 4) is 5.75 Å². The van der Waals surface area contributed by atoms with Gasteiger partial charge in [0, 0.05) is 16.6 Å². The van der Waals surface area contributed by atoms with E-state index in [0.29, 0.717) is 6.04 Å². The molecule has 2 nitrogen and oxygen atoms in total. The SMILES string of the molecule is COc1cc(C)c(Cl)cc1[C@@H]1C[C@@H](C)CN1. The number of benzene rings is 1. The van der Waals surface area contributed by atoms with E-state index in [1.54, 1.807) is 7.11 Å². The Morgan fingerprint density at radius 2 is 2.19 bits per heavy atom. The normalized spacial score (nSPS) is 24.8. The van der Waals surface area contributed by atoms with Crippen molar-refractivity contribution in [1.82, 2.24) is 5.32 Å². The summed E-state index contributed by atoms with van der Waals surface area (Å²) in [7, 11) is 1.71. The van der Waals surface area contributed by atoms with Crippen LogP contribution < -0.4 is 10.1 Å². The summed E-state index contributed by atoms with van der Waals surface area (Å²) in [6.45, 7) is 5.33. The van der Waals surface area contributed by atoms with Crippen molar-refractivity contribution in [2.45, 2.75) is 26.3 Å². The van der Waals surface area contributed by atoms with Crippen LogP contribution in [0, 0.1) is 12.8 Å². The summed E-state index contributed by atoms with van der Waals surface area (Å²) in [5.74, 6) is 1.66. The van der Waals surface area contributed by atoms with Gasteiger partial charge in [0.2, 0.25) is 0 Å². The van der Waals surface area contributed by atoms with Crippen LogP contribution in [0.2, 0.25) is 5.02 Å². The molecule has 0 amide bonds. The van der Waals surface area contributed by atoms with Gasteiger partial charge in [0.1, 0.15) is 5.75 Å². The molecule has 88 valence electrons. The first-order valence-corrected chi connectivity index (χ1v) is 6.07. The Labute approximate surface area is 102 Å². The monoisotopic (exact) mass is 239 g/mol. The Kier molecular flexibility index (Phi) is 3.41. The van der Waals surface area contributed by atoms with Crippen molar-refractivity contribution in [3.63, 3.8) is 0 Å². The number of hydrogen-bond donors (Lipinski definition) is 1. The van der Waals surface area contributed by atoms with Gasteiger partial charge >= 0.3 is 0 Å². The van der Waals surface area contributed by atoms with Gasteiger partial charge in [-0.25, -0.2) is 0 Å². The summed E-state index contributed by atoms with van der Waals surface area (Å²) in [4.78, 5) is 0. The average molecular weight is 240 g/mol. The molecule has 1 aliphatic heterocycles. The summed E-state index contributed by atoms with van der Waals surface area (Å²) >= 11 is 6.17. The molecule has 0 aliphatic carbocycles. The third kappa shape index (κ3) is 2.18. The Morgan fingerprint density at radius 3 is 2.75 bits per heavy atom. The van der Waals surface area contributed by atoms with Gasteiger partial charge in [0.05, 0.1) is 7.11 Å². The van der Waals surface area contributed by atoms with Gasteiger partial charge in [-0.3, -0.25) is 0 Å². The number of rotatable bonds is 2. The second-order valence-electron chi connectivity index (χ2n) is 4.65. The largest absolute Gasteiger partial charge is 0.496 e. The molecule has 2 rings (SSSR count). The first-order chi connectivity index (χ1) is 7.61. The number of ether oxygens (including phenoxy) is 1. The molecule has 0 saturated carbocycles. The van der Waals surface area contributed by atoms with E-state index in [1.165, 1.54) is 5.56 Å². The molecule has 1 aromatic carbocycles. The van der Waals surface area contributed by atoms with Gasteiger partial charge in [0.15, 0.2) is 0 Å². The van der Waals surface area contributed by atoms with E-state index in [1.807, 2.05) is 19.1 Å². The van der Waals surface area contributed by atoms with Gasteiger partial charge in [-0.05, 0) is 43.5 Å². The zero-order valence-electron chi connectivity index (χ0n) is 10.0. The maximum Gasteiger partial charge on any atom is 0.124 e. The minimum atomic E-state index is 0.378. The van der Waals surface area contributed by atoms with Gasteiger partial charge in [0.25, 0.3) is 0 Å². The highest BCUT2D eigenvalue weighted by Crippen LogP contribution is 2.36. The van der Waals surface area contributed by atoms with Crippen LogP contribution in [-0.4, -0.2) is 13.7 Å². The molecule has 1 heterocycles. The van der Waals surface area contributed by atoms with Crippen molar-refractivity contribution >= 4 is 11.6 Å². The molecule has 2 atom stereocenters. The fourth-order valence-corrected chi connectivity index (χ4v) is 2.44. The zero-order valence-corrected chi connectivity index (χ0v) is 10.8. The van der Waals surface area contributed by atoms with E-state index in [2.05, 4.69) is 12.2 Å². The van der Waals surface area contributed by atoms with E-state index < -0.39 is 0 Å². The lowest BCUT2D eigenvalue weighted by atomic mass is 9.99. The second-order valence-corrected chi connectivity index (χ2v) is 5.05. The molecule has 0 aromatic heterocycles. The number of halogens is 1. The van der Waals surface area contributed by atoms with Crippen LogP contribution in [0.3, 0.4) is 0 Å². The van der Waals surface area contributed by atoms with Gasteiger partial charge in [-0.15, -0.1) is 0 Å². The maximum absolute atomic E-state index is 6.17. The van der Waals surface area contributed by atoms with E-state index in [0.717, 1.165) is 35.2 Å². The highest BCUT2D eigenvalue weighted by Gasteiger charge is 2.25. The van der Waals surface area contributed by atoms with Crippen LogP contribution in [0.5, 0.6) is 5.75 Å². The van der Waals surface area contributed by atoms with Crippen molar-refractivity contribution in [2.24, 2.45) is 5.92 Å². The van der Waals surface area contributed by atoms with Gasteiger partial charge in [-0.1, -0.05) is 18.5 Å². The predicted octanol–water partition coefficient (Wildman–Crippen LogP) is 3.33. The lowest BCUT2D eigenvalue weighted by molar-refractivity contribution is 0.402. The molecule has 1 aromatic rings. The molecule has 1 saturated heterocycles. The van der Waals surface area contributed by atoms with Crippen LogP contribution in [0.25, 0.3) is 0 Å². The molecule has 1 aliphatic rings. The van der Waals surface area contributed by atoms with E-state index in [4.69, 9.17) is 16.3 Å². The average Bonchev–Trinajstić information content (AvgIpc) is 2.68. The molecule has 0 radical (unpaired) electrons. The highest BCUT2D eigenvalue weighted by atomic mass is 35.5. The van der Waals surface area contributed by atoms with Crippen molar-refractivity contribution in [1.29, 1.82) is 0 Å². The Hall–Kier alpha value is -0.730. The topological polar surface area (TPSA) is 21.3 Å². The minimum absolute atomic E-state index is 0.378. The zero-order chi connectivity index (χ0) is 11.7. The van der Waals surface area contributed by atoms with E-state index in [-0.39, 0.29) is 0 Å². The Bertz CT molecular complexity index is 392. The van der Waals surface area contributed by atoms with E-state index >= 15 is 0 Å². The molecule has 1 fully saturated rings. The Morgan fingerprint density at radius 1 is 1.44 bits per heavy atom. The molecule has 0 spiro atoms. The number of hydrogen-bond acceptors (Lipinski definition) is 2. The summed E-state index contributed by atoms with van der Waals surface area (Å²) < 4.78 is 5.43. The summed E-state index contributed by atoms with van der Waals surface area (Å²) in [6.07, 6.45) is 1.15. The standard InChI is InChI=1S/C13H18ClNO/c1-8-4-12(15-7-8)10-6-11(14)9(2)5-13(10)16-3/h5-6,8,12,15H,4,7H2,1-3H3/t8-,12+/m1/s1. The maximum atomic E-state index is 6.17.